The van der Waals surface area contributed by atoms with Gasteiger partial charge in [-0.3, -0.25) is 9.10 Å². The van der Waals surface area contributed by atoms with Crippen LogP contribution < -0.4 is 19.1 Å². The van der Waals surface area contributed by atoms with Crippen molar-refractivity contribution in [1.29, 1.82) is 0 Å². The van der Waals surface area contributed by atoms with Crippen molar-refractivity contribution in [3.63, 3.8) is 0 Å². The fourth-order valence-electron chi connectivity index (χ4n) is 3.42. The standard InChI is InChI=1S/C21H26N2O5S/c1-4-29(25,26)23-12-10-16-14-17(6-7-18(16)23)21(24)22-11-9-15-5-8-19(27-2)20(13-15)28-3/h5-8,13-14H,4,9-12H2,1-3H3,(H,22,24). The summed E-state index contributed by atoms with van der Waals surface area (Å²) in [6, 6.07) is 10.8. The van der Waals surface area contributed by atoms with Crippen molar-refractivity contribution in [1.82, 2.24) is 5.32 Å². The van der Waals surface area contributed by atoms with Crippen LogP contribution in [0.15, 0.2) is 36.4 Å². The van der Waals surface area contributed by atoms with Gasteiger partial charge >= 0.3 is 0 Å². The molecule has 0 radical (unpaired) electrons. The normalized spacial score (nSPS) is 13.1. The number of carbonyl (C=O) groups excluding carboxylic acids is 1. The van der Waals surface area contributed by atoms with Crippen molar-refractivity contribution in [3.05, 3.63) is 53.1 Å². The van der Waals surface area contributed by atoms with E-state index in [1.54, 1.807) is 39.3 Å². The fraction of sp³-hybridized carbons (Fsp3) is 0.381. The smallest absolute Gasteiger partial charge is 0.251 e. The molecule has 7 nitrogen and oxygen atoms in total. The molecule has 0 bridgehead atoms. The maximum Gasteiger partial charge on any atom is 0.251 e. The number of nitrogens with zero attached hydrogens (tertiary/aromatic N) is 1. The Balaban J connectivity index is 1.62. The second-order valence-corrected chi connectivity index (χ2v) is 8.94. The van der Waals surface area contributed by atoms with Crippen molar-refractivity contribution in [2.24, 2.45) is 0 Å². The van der Waals surface area contributed by atoms with E-state index in [-0.39, 0.29) is 11.7 Å². The molecule has 1 aliphatic rings. The number of nitrogens with one attached hydrogen (secondary N) is 1. The van der Waals surface area contributed by atoms with Crippen LogP contribution in [0, 0.1) is 0 Å². The third-order valence-corrected chi connectivity index (χ3v) is 6.82. The lowest BCUT2D eigenvalue weighted by Gasteiger charge is -2.18. The van der Waals surface area contributed by atoms with Gasteiger partial charge in [-0.05, 0) is 61.2 Å². The summed E-state index contributed by atoms with van der Waals surface area (Å²) in [7, 11) is -0.111. The summed E-state index contributed by atoms with van der Waals surface area (Å²) < 4.78 is 36.3. The summed E-state index contributed by atoms with van der Waals surface area (Å²) in [4.78, 5) is 12.5. The molecule has 3 rings (SSSR count). The van der Waals surface area contributed by atoms with Crippen molar-refractivity contribution < 1.29 is 22.7 Å². The minimum Gasteiger partial charge on any atom is -0.493 e. The van der Waals surface area contributed by atoms with Crippen molar-refractivity contribution in [3.8, 4) is 11.5 Å². The lowest BCUT2D eigenvalue weighted by atomic mass is 10.1. The molecule has 0 fully saturated rings. The number of fused-ring (bicyclic) bond motifs is 1. The van der Waals surface area contributed by atoms with Crippen LogP contribution in [0.5, 0.6) is 11.5 Å². The van der Waals surface area contributed by atoms with E-state index in [1.807, 2.05) is 18.2 Å². The van der Waals surface area contributed by atoms with Crippen LogP contribution >= 0.6 is 0 Å². The Morgan fingerprint density at radius 3 is 2.55 bits per heavy atom. The Kier molecular flexibility index (Phi) is 6.32. The summed E-state index contributed by atoms with van der Waals surface area (Å²) >= 11 is 0. The number of anilines is 1. The van der Waals surface area contributed by atoms with E-state index in [0.29, 0.717) is 48.7 Å². The Morgan fingerprint density at radius 1 is 1.10 bits per heavy atom. The summed E-state index contributed by atoms with van der Waals surface area (Å²) in [6.45, 7) is 2.53. The van der Waals surface area contributed by atoms with Gasteiger partial charge in [0.25, 0.3) is 5.91 Å². The summed E-state index contributed by atoms with van der Waals surface area (Å²) in [5, 5.41) is 2.91. The molecule has 0 aromatic heterocycles. The van der Waals surface area contributed by atoms with Gasteiger partial charge in [-0.15, -0.1) is 0 Å². The van der Waals surface area contributed by atoms with Crippen LogP contribution in [0.4, 0.5) is 5.69 Å². The van der Waals surface area contributed by atoms with E-state index < -0.39 is 10.0 Å². The largest absolute Gasteiger partial charge is 0.493 e. The highest BCUT2D eigenvalue weighted by atomic mass is 32.2. The van der Waals surface area contributed by atoms with E-state index in [1.165, 1.54) is 4.31 Å². The highest BCUT2D eigenvalue weighted by molar-refractivity contribution is 7.92. The predicted molar refractivity (Wildman–Crippen MR) is 113 cm³/mol. The molecule has 0 aliphatic carbocycles. The minimum atomic E-state index is -3.29. The summed E-state index contributed by atoms with van der Waals surface area (Å²) in [5.74, 6) is 1.20. The molecule has 1 N–H and O–H groups in total. The molecule has 0 spiro atoms. The zero-order valence-corrected chi connectivity index (χ0v) is 17.7. The first-order chi connectivity index (χ1) is 13.9. The zero-order chi connectivity index (χ0) is 21.0. The first kappa shape index (κ1) is 21.0. The first-order valence-electron chi connectivity index (χ1n) is 9.52. The van der Waals surface area contributed by atoms with E-state index in [2.05, 4.69) is 5.32 Å². The number of ether oxygens (including phenoxy) is 2. The van der Waals surface area contributed by atoms with E-state index >= 15 is 0 Å². The average Bonchev–Trinajstić information content (AvgIpc) is 3.17. The maximum absolute atomic E-state index is 12.5. The molecule has 2 aromatic rings. The number of hydrogen-bond donors (Lipinski definition) is 1. The highest BCUT2D eigenvalue weighted by Crippen LogP contribution is 2.31. The zero-order valence-electron chi connectivity index (χ0n) is 16.9. The Hall–Kier alpha value is -2.74. The molecule has 156 valence electrons. The maximum atomic E-state index is 12.5. The van der Waals surface area contributed by atoms with Gasteiger partial charge in [0.15, 0.2) is 11.5 Å². The Morgan fingerprint density at radius 2 is 1.86 bits per heavy atom. The summed E-state index contributed by atoms with van der Waals surface area (Å²) in [6.07, 6.45) is 1.26. The molecular weight excluding hydrogens is 392 g/mol. The molecule has 0 unspecified atom stereocenters. The first-order valence-corrected chi connectivity index (χ1v) is 11.1. The van der Waals surface area contributed by atoms with E-state index in [0.717, 1.165) is 11.1 Å². The fourth-order valence-corrected chi connectivity index (χ4v) is 4.58. The number of methoxy groups -OCH3 is 2. The van der Waals surface area contributed by atoms with Gasteiger partial charge in [-0.25, -0.2) is 8.42 Å². The Bertz CT molecular complexity index is 1000. The van der Waals surface area contributed by atoms with Gasteiger partial charge < -0.3 is 14.8 Å². The average molecular weight is 419 g/mol. The molecule has 8 heteroatoms. The number of sulfonamides is 1. The minimum absolute atomic E-state index is 0.0603. The van der Waals surface area contributed by atoms with Gasteiger partial charge in [0.2, 0.25) is 10.0 Å². The monoisotopic (exact) mass is 418 g/mol. The van der Waals surface area contributed by atoms with Gasteiger partial charge in [-0.2, -0.15) is 0 Å². The Labute approximate surface area is 171 Å². The van der Waals surface area contributed by atoms with Crippen LogP contribution in [0.25, 0.3) is 0 Å². The van der Waals surface area contributed by atoms with Crippen molar-refractivity contribution in [2.45, 2.75) is 19.8 Å². The lowest BCUT2D eigenvalue weighted by Crippen LogP contribution is -2.30. The number of amides is 1. The van der Waals surface area contributed by atoms with Crippen LogP contribution in [0.1, 0.15) is 28.4 Å². The molecule has 0 saturated heterocycles. The SMILES string of the molecule is CCS(=O)(=O)N1CCc2cc(C(=O)NCCc3ccc(OC)c(OC)c3)ccc21. The number of benzene rings is 2. The van der Waals surface area contributed by atoms with E-state index in [4.69, 9.17) is 9.47 Å². The molecule has 2 aromatic carbocycles. The number of hydrogen-bond acceptors (Lipinski definition) is 5. The van der Waals surface area contributed by atoms with Gasteiger partial charge in [0, 0.05) is 18.7 Å². The topological polar surface area (TPSA) is 84.9 Å². The molecule has 0 saturated carbocycles. The molecule has 0 atom stereocenters. The molecule has 29 heavy (non-hydrogen) atoms. The second-order valence-electron chi connectivity index (χ2n) is 6.76. The van der Waals surface area contributed by atoms with Crippen LogP contribution in [-0.2, 0) is 22.9 Å². The van der Waals surface area contributed by atoms with Crippen molar-refractivity contribution in [2.75, 3.05) is 37.4 Å². The lowest BCUT2D eigenvalue weighted by molar-refractivity contribution is 0.0954. The number of rotatable bonds is 8. The quantitative estimate of drug-likeness (QED) is 0.712. The molecular formula is C21H26N2O5S. The van der Waals surface area contributed by atoms with E-state index in [9.17, 15) is 13.2 Å². The van der Waals surface area contributed by atoms with Gasteiger partial charge in [0.05, 0.1) is 25.7 Å². The summed E-state index contributed by atoms with van der Waals surface area (Å²) in [5.41, 5.74) is 3.12. The van der Waals surface area contributed by atoms with Crippen LogP contribution in [-0.4, -0.2) is 47.4 Å². The van der Waals surface area contributed by atoms with Crippen LogP contribution in [0.3, 0.4) is 0 Å². The van der Waals surface area contributed by atoms with Crippen molar-refractivity contribution >= 4 is 21.6 Å². The van der Waals surface area contributed by atoms with Gasteiger partial charge in [0.1, 0.15) is 0 Å². The van der Waals surface area contributed by atoms with Crippen LogP contribution in [0.2, 0.25) is 0 Å². The highest BCUT2D eigenvalue weighted by Gasteiger charge is 2.28. The third-order valence-electron chi connectivity index (χ3n) is 5.04. The second kappa shape index (κ2) is 8.73. The van der Waals surface area contributed by atoms with Gasteiger partial charge in [-0.1, -0.05) is 6.07 Å². The molecule has 1 amide bonds. The molecule has 1 aliphatic heterocycles. The third kappa shape index (κ3) is 4.48. The predicted octanol–water partition coefficient (Wildman–Crippen LogP) is 2.39. The number of carbonyl (C=O) groups is 1. The molecule has 1 heterocycles.